The lowest BCUT2D eigenvalue weighted by atomic mass is 10.1. The zero-order valence-corrected chi connectivity index (χ0v) is 8.88. The minimum absolute atomic E-state index is 0.474. The molecule has 14 heavy (non-hydrogen) atoms. The second-order valence-electron chi connectivity index (χ2n) is 2.94. The zero-order valence-electron chi connectivity index (χ0n) is 7.29. The average molecular weight is 253 g/mol. The fourth-order valence-electron chi connectivity index (χ4n) is 1.20. The third kappa shape index (κ3) is 1.58. The van der Waals surface area contributed by atoms with Crippen molar-refractivity contribution in [3.8, 4) is 11.3 Å². The van der Waals surface area contributed by atoms with Gasteiger partial charge in [-0.15, -0.1) is 0 Å². The normalized spacial score (nSPS) is 10.4. The Labute approximate surface area is 89.4 Å². The van der Waals surface area contributed by atoms with Crippen LogP contribution in [-0.4, -0.2) is 10.2 Å². The lowest BCUT2D eigenvalue weighted by Gasteiger charge is -2.01. The minimum atomic E-state index is 0.474. The molecule has 4 nitrogen and oxygen atoms in total. The summed E-state index contributed by atoms with van der Waals surface area (Å²) in [6, 6.07) is 7.45. The van der Waals surface area contributed by atoms with Crippen LogP contribution in [0.3, 0.4) is 0 Å². The highest BCUT2D eigenvalue weighted by molar-refractivity contribution is 9.10. The van der Waals surface area contributed by atoms with Crippen LogP contribution < -0.4 is 11.5 Å². The van der Waals surface area contributed by atoms with E-state index >= 15 is 0 Å². The van der Waals surface area contributed by atoms with Gasteiger partial charge in [-0.2, -0.15) is 5.10 Å². The highest BCUT2D eigenvalue weighted by Crippen LogP contribution is 2.26. The Morgan fingerprint density at radius 1 is 1.21 bits per heavy atom. The molecule has 0 radical (unpaired) electrons. The second kappa shape index (κ2) is 3.34. The van der Waals surface area contributed by atoms with Crippen LogP contribution in [0.5, 0.6) is 0 Å². The molecule has 0 saturated heterocycles. The van der Waals surface area contributed by atoms with Crippen LogP contribution in [0, 0.1) is 0 Å². The summed E-state index contributed by atoms with van der Waals surface area (Å²) in [6.45, 7) is 0. The number of aromatic amines is 1. The molecule has 0 saturated carbocycles. The number of anilines is 2. The van der Waals surface area contributed by atoms with Gasteiger partial charge in [0.15, 0.2) is 0 Å². The monoisotopic (exact) mass is 252 g/mol. The maximum absolute atomic E-state index is 5.75. The largest absolute Gasteiger partial charge is 0.398 e. The number of H-pyrrole nitrogens is 1. The molecule has 2 rings (SSSR count). The van der Waals surface area contributed by atoms with Crippen molar-refractivity contribution in [3.05, 3.63) is 28.7 Å². The van der Waals surface area contributed by atoms with E-state index in [-0.39, 0.29) is 0 Å². The number of aromatic nitrogens is 2. The first-order valence-electron chi connectivity index (χ1n) is 4.03. The molecule has 0 fully saturated rings. The van der Waals surface area contributed by atoms with E-state index in [0.29, 0.717) is 11.5 Å². The van der Waals surface area contributed by atoms with E-state index in [0.717, 1.165) is 15.7 Å². The van der Waals surface area contributed by atoms with Gasteiger partial charge in [-0.1, -0.05) is 6.07 Å². The van der Waals surface area contributed by atoms with E-state index < -0.39 is 0 Å². The van der Waals surface area contributed by atoms with Gasteiger partial charge in [0.2, 0.25) is 0 Å². The number of hydrogen-bond acceptors (Lipinski definition) is 3. The molecule has 1 aromatic heterocycles. The number of nitrogens with two attached hydrogens (primary N) is 2. The number of nitrogen functional groups attached to an aromatic ring is 2. The predicted octanol–water partition coefficient (Wildman–Crippen LogP) is 2.00. The fourth-order valence-corrected chi connectivity index (χ4v) is 1.44. The zero-order chi connectivity index (χ0) is 10.1. The number of hydrogen-bond donors (Lipinski definition) is 3. The maximum Gasteiger partial charge on any atom is 0.145 e. The van der Waals surface area contributed by atoms with E-state index in [1.54, 1.807) is 6.07 Å². The Hall–Kier alpha value is -1.49. The molecule has 5 N–H and O–H groups in total. The predicted molar refractivity (Wildman–Crippen MR) is 60.5 cm³/mol. The molecule has 0 spiro atoms. The Morgan fingerprint density at radius 2 is 2.00 bits per heavy atom. The standard InChI is InChI=1S/C9H9BrN4/c10-6-2-1-5(3-7(6)11)8-4-9(12)14-13-8/h1-4H,11H2,(H3,12,13,14). The van der Waals surface area contributed by atoms with Crippen molar-refractivity contribution in [2.75, 3.05) is 11.5 Å². The Morgan fingerprint density at radius 3 is 2.57 bits per heavy atom. The van der Waals surface area contributed by atoms with E-state index in [2.05, 4.69) is 26.1 Å². The van der Waals surface area contributed by atoms with E-state index in [4.69, 9.17) is 11.5 Å². The molecule has 0 bridgehead atoms. The van der Waals surface area contributed by atoms with Crippen LogP contribution in [0.1, 0.15) is 0 Å². The lowest BCUT2D eigenvalue weighted by Crippen LogP contribution is -1.87. The van der Waals surface area contributed by atoms with Gasteiger partial charge in [0.05, 0.1) is 5.69 Å². The minimum Gasteiger partial charge on any atom is -0.398 e. The van der Waals surface area contributed by atoms with Crippen molar-refractivity contribution in [1.29, 1.82) is 0 Å². The van der Waals surface area contributed by atoms with Crippen molar-refractivity contribution >= 4 is 27.4 Å². The first-order valence-corrected chi connectivity index (χ1v) is 4.82. The van der Waals surface area contributed by atoms with Crippen molar-refractivity contribution in [2.45, 2.75) is 0 Å². The summed E-state index contributed by atoms with van der Waals surface area (Å²) in [5, 5.41) is 6.67. The van der Waals surface area contributed by atoms with Crippen LogP contribution >= 0.6 is 15.9 Å². The topological polar surface area (TPSA) is 80.7 Å². The third-order valence-corrected chi connectivity index (χ3v) is 2.63. The molecule has 0 aliphatic rings. The van der Waals surface area contributed by atoms with Crippen molar-refractivity contribution < 1.29 is 0 Å². The number of nitrogens with zero attached hydrogens (tertiary/aromatic N) is 1. The first kappa shape index (κ1) is 9.08. The van der Waals surface area contributed by atoms with Crippen LogP contribution in [-0.2, 0) is 0 Å². The fraction of sp³-hybridized carbons (Fsp3) is 0. The molecule has 2 aromatic rings. The summed E-state index contributed by atoms with van der Waals surface area (Å²) in [4.78, 5) is 0. The van der Waals surface area contributed by atoms with E-state index in [9.17, 15) is 0 Å². The molecular formula is C9H9BrN4. The van der Waals surface area contributed by atoms with E-state index in [1.165, 1.54) is 0 Å². The van der Waals surface area contributed by atoms with Gasteiger partial charge in [-0.25, -0.2) is 0 Å². The number of rotatable bonds is 1. The summed E-state index contributed by atoms with van der Waals surface area (Å²) in [7, 11) is 0. The molecule has 0 atom stereocenters. The van der Waals surface area contributed by atoms with Gasteiger partial charge in [0, 0.05) is 21.8 Å². The van der Waals surface area contributed by atoms with Crippen LogP contribution in [0.25, 0.3) is 11.3 Å². The van der Waals surface area contributed by atoms with Crippen LogP contribution in [0.4, 0.5) is 11.5 Å². The highest BCUT2D eigenvalue weighted by Gasteiger charge is 2.03. The van der Waals surface area contributed by atoms with Gasteiger partial charge in [0.1, 0.15) is 5.82 Å². The molecular weight excluding hydrogens is 244 g/mol. The molecule has 0 amide bonds. The van der Waals surface area contributed by atoms with Gasteiger partial charge < -0.3 is 11.5 Å². The van der Waals surface area contributed by atoms with E-state index in [1.807, 2.05) is 18.2 Å². The number of halogens is 1. The summed E-state index contributed by atoms with van der Waals surface area (Å²) < 4.78 is 0.883. The van der Waals surface area contributed by atoms with Gasteiger partial charge in [-0.05, 0) is 28.1 Å². The summed E-state index contributed by atoms with van der Waals surface area (Å²) >= 11 is 3.33. The quantitative estimate of drug-likeness (QED) is 0.680. The maximum atomic E-state index is 5.75. The second-order valence-corrected chi connectivity index (χ2v) is 3.80. The van der Waals surface area contributed by atoms with Crippen LogP contribution in [0.15, 0.2) is 28.7 Å². The van der Waals surface area contributed by atoms with Crippen molar-refractivity contribution in [3.63, 3.8) is 0 Å². The van der Waals surface area contributed by atoms with Gasteiger partial charge in [-0.3, -0.25) is 5.10 Å². The Bertz CT molecular complexity index is 464. The average Bonchev–Trinajstić information content (AvgIpc) is 2.57. The van der Waals surface area contributed by atoms with Gasteiger partial charge in [0.25, 0.3) is 0 Å². The summed E-state index contributed by atoms with van der Waals surface area (Å²) in [5.74, 6) is 0.474. The smallest absolute Gasteiger partial charge is 0.145 e. The van der Waals surface area contributed by atoms with Gasteiger partial charge >= 0.3 is 0 Å². The molecule has 0 aliphatic carbocycles. The van der Waals surface area contributed by atoms with Crippen molar-refractivity contribution in [1.82, 2.24) is 10.2 Å². The molecule has 5 heteroatoms. The highest BCUT2D eigenvalue weighted by atomic mass is 79.9. The Kier molecular flexibility index (Phi) is 2.17. The summed E-state index contributed by atoms with van der Waals surface area (Å²) in [5.41, 5.74) is 13.8. The number of benzene rings is 1. The molecule has 1 aromatic carbocycles. The summed E-state index contributed by atoms with van der Waals surface area (Å²) in [6.07, 6.45) is 0. The van der Waals surface area contributed by atoms with Crippen LogP contribution in [0.2, 0.25) is 0 Å². The number of nitrogens with one attached hydrogen (secondary N) is 1. The lowest BCUT2D eigenvalue weighted by molar-refractivity contribution is 1.10. The first-order chi connectivity index (χ1) is 6.66. The third-order valence-electron chi connectivity index (χ3n) is 1.90. The Balaban J connectivity index is 2.47. The SMILES string of the molecule is Nc1cc(-c2ccc(Br)c(N)c2)[nH]n1. The molecule has 0 aliphatic heterocycles. The van der Waals surface area contributed by atoms with Crippen molar-refractivity contribution in [2.24, 2.45) is 0 Å². The molecule has 0 unspecified atom stereocenters. The molecule has 72 valence electrons. The molecule has 1 heterocycles.